The summed E-state index contributed by atoms with van der Waals surface area (Å²) >= 11 is 9.65. The number of carbonyl (C=O) groups excluding carboxylic acids is 1. The monoisotopic (exact) mass is 580 g/mol. The normalized spacial score (nSPS) is 12.1. The van der Waals surface area contributed by atoms with Gasteiger partial charge in [0.05, 0.1) is 17.1 Å². The topological polar surface area (TPSA) is 85.6 Å². The van der Waals surface area contributed by atoms with Gasteiger partial charge in [0.2, 0.25) is 0 Å². The van der Waals surface area contributed by atoms with Crippen LogP contribution in [0.3, 0.4) is 0 Å². The number of rotatable bonds is 8. The molecule has 1 amide bonds. The predicted octanol–water partition coefficient (Wildman–Crippen LogP) is 6.53. The van der Waals surface area contributed by atoms with Crippen molar-refractivity contribution in [3.05, 3.63) is 97.5 Å². The maximum absolute atomic E-state index is 13.4. The van der Waals surface area contributed by atoms with E-state index in [1.807, 2.05) is 57.2 Å². The lowest BCUT2D eigenvalue weighted by Gasteiger charge is -2.14. The van der Waals surface area contributed by atoms with Gasteiger partial charge in [-0.3, -0.25) is 9.59 Å². The molecular weight excluding hydrogens is 556 g/mol. The van der Waals surface area contributed by atoms with E-state index in [1.54, 1.807) is 24.3 Å². The number of hydrogen-bond acceptors (Lipinski definition) is 5. The Bertz CT molecular complexity index is 1530. The molecule has 37 heavy (non-hydrogen) atoms. The quantitative estimate of drug-likeness (QED) is 0.240. The van der Waals surface area contributed by atoms with Crippen molar-refractivity contribution in [3.63, 3.8) is 0 Å². The van der Waals surface area contributed by atoms with Crippen LogP contribution in [0, 0.1) is 6.92 Å². The maximum Gasteiger partial charge on any atom is 0.282 e. The number of nitrogens with zero attached hydrogens (tertiary/aromatic N) is 3. The Morgan fingerprint density at radius 3 is 2.68 bits per heavy atom. The van der Waals surface area contributed by atoms with Crippen LogP contribution >= 0.6 is 27.5 Å². The van der Waals surface area contributed by atoms with Gasteiger partial charge >= 0.3 is 0 Å². The van der Waals surface area contributed by atoms with E-state index in [2.05, 4.69) is 26.3 Å². The standard InChI is InChI=1S/C28H26BrClN4O3/c1-4-18(3)27-33-24-11-7-20(29)14-23(24)28(36)34(27)31-15-19-13-21(30)8-12-25(19)37-16-26(35)32-22-9-5-17(2)6-10-22/h5-15,18H,4,16H2,1-3H3,(H,32,35)/t18-/m0/s1. The van der Waals surface area contributed by atoms with Gasteiger partial charge in [0.1, 0.15) is 11.6 Å². The summed E-state index contributed by atoms with van der Waals surface area (Å²) in [5.74, 6) is 0.655. The highest BCUT2D eigenvalue weighted by Crippen LogP contribution is 2.23. The smallest absolute Gasteiger partial charge is 0.282 e. The zero-order valence-electron chi connectivity index (χ0n) is 20.7. The van der Waals surface area contributed by atoms with Gasteiger partial charge < -0.3 is 10.1 Å². The van der Waals surface area contributed by atoms with Crippen LogP contribution in [0.5, 0.6) is 5.75 Å². The Balaban J connectivity index is 1.63. The fourth-order valence-electron chi connectivity index (χ4n) is 3.63. The van der Waals surface area contributed by atoms with Crippen molar-refractivity contribution < 1.29 is 9.53 Å². The molecule has 0 saturated carbocycles. The second-order valence-electron chi connectivity index (χ2n) is 8.69. The predicted molar refractivity (Wildman–Crippen MR) is 152 cm³/mol. The number of fused-ring (bicyclic) bond motifs is 1. The zero-order valence-corrected chi connectivity index (χ0v) is 23.0. The third kappa shape index (κ3) is 6.45. The van der Waals surface area contributed by atoms with Crippen LogP contribution in [0.25, 0.3) is 10.9 Å². The Labute approximate surface area is 228 Å². The molecule has 190 valence electrons. The number of anilines is 1. The molecule has 0 saturated heterocycles. The number of benzene rings is 3. The van der Waals surface area contributed by atoms with Gasteiger partial charge in [-0.1, -0.05) is 59.1 Å². The minimum atomic E-state index is -0.304. The van der Waals surface area contributed by atoms with Crippen molar-refractivity contribution in [2.75, 3.05) is 11.9 Å². The lowest BCUT2D eigenvalue weighted by molar-refractivity contribution is -0.118. The molecule has 0 fully saturated rings. The molecule has 0 aliphatic carbocycles. The van der Waals surface area contributed by atoms with Crippen LogP contribution in [0.15, 0.2) is 75.0 Å². The average Bonchev–Trinajstić information content (AvgIpc) is 2.88. The number of hydrogen-bond donors (Lipinski definition) is 1. The van der Waals surface area contributed by atoms with E-state index in [9.17, 15) is 9.59 Å². The lowest BCUT2D eigenvalue weighted by Crippen LogP contribution is -2.24. The van der Waals surface area contributed by atoms with E-state index in [4.69, 9.17) is 21.3 Å². The highest BCUT2D eigenvalue weighted by molar-refractivity contribution is 9.10. The summed E-state index contributed by atoms with van der Waals surface area (Å²) < 4.78 is 7.88. The fraction of sp³-hybridized carbons (Fsp3) is 0.214. The molecule has 0 unspecified atom stereocenters. The first-order valence-corrected chi connectivity index (χ1v) is 13.0. The number of aromatic nitrogens is 2. The molecule has 7 nitrogen and oxygen atoms in total. The van der Waals surface area contributed by atoms with Gasteiger partial charge in [-0.25, -0.2) is 4.98 Å². The van der Waals surface area contributed by atoms with Crippen molar-refractivity contribution in [2.45, 2.75) is 33.1 Å². The minimum Gasteiger partial charge on any atom is -0.483 e. The SMILES string of the molecule is CC[C@H](C)c1nc2ccc(Br)cc2c(=O)n1N=Cc1cc(Cl)ccc1OCC(=O)Nc1ccc(C)cc1. The zero-order chi connectivity index (χ0) is 26.5. The first-order valence-electron chi connectivity index (χ1n) is 11.8. The molecule has 0 spiro atoms. The molecule has 1 aromatic heterocycles. The fourth-order valence-corrected chi connectivity index (χ4v) is 4.17. The van der Waals surface area contributed by atoms with E-state index < -0.39 is 0 Å². The van der Waals surface area contributed by atoms with E-state index in [0.717, 1.165) is 16.5 Å². The van der Waals surface area contributed by atoms with Gasteiger partial charge in [-0.2, -0.15) is 9.78 Å². The Kier molecular flexibility index (Phi) is 8.41. The number of nitrogens with one attached hydrogen (secondary N) is 1. The van der Waals surface area contributed by atoms with E-state index in [-0.39, 0.29) is 24.0 Å². The third-order valence-electron chi connectivity index (χ3n) is 5.86. The Morgan fingerprint density at radius 1 is 1.19 bits per heavy atom. The highest BCUT2D eigenvalue weighted by atomic mass is 79.9. The van der Waals surface area contributed by atoms with Crippen molar-refractivity contribution >= 4 is 56.2 Å². The molecule has 3 aromatic carbocycles. The largest absolute Gasteiger partial charge is 0.483 e. The van der Waals surface area contributed by atoms with Crippen LogP contribution in [0.2, 0.25) is 5.02 Å². The summed E-state index contributed by atoms with van der Waals surface area (Å²) in [6, 6.07) is 17.9. The van der Waals surface area contributed by atoms with Crippen LogP contribution in [0.4, 0.5) is 5.69 Å². The van der Waals surface area contributed by atoms with Crippen molar-refractivity contribution in [1.82, 2.24) is 9.66 Å². The molecule has 0 aliphatic rings. The molecule has 9 heteroatoms. The van der Waals surface area contributed by atoms with Crippen molar-refractivity contribution in [1.29, 1.82) is 0 Å². The lowest BCUT2D eigenvalue weighted by atomic mass is 10.1. The maximum atomic E-state index is 13.4. The molecule has 0 radical (unpaired) electrons. The first-order chi connectivity index (χ1) is 17.7. The number of carbonyl (C=O) groups is 1. The number of halogens is 2. The van der Waals surface area contributed by atoms with Gasteiger partial charge in [0, 0.05) is 26.7 Å². The van der Waals surface area contributed by atoms with Gasteiger partial charge in [0.15, 0.2) is 6.61 Å². The molecule has 1 heterocycles. The average molecular weight is 582 g/mol. The summed E-state index contributed by atoms with van der Waals surface area (Å²) in [6.07, 6.45) is 2.28. The molecule has 0 bridgehead atoms. The van der Waals surface area contributed by atoms with Crippen LogP contribution in [-0.4, -0.2) is 28.4 Å². The van der Waals surface area contributed by atoms with Crippen LogP contribution in [0.1, 0.15) is 43.1 Å². The summed E-state index contributed by atoms with van der Waals surface area (Å²) in [4.78, 5) is 30.5. The molecule has 0 aliphatic heterocycles. The molecule has 4 rings (SSSR count). The number of ether oxygens (including phenoxy) is 1. The van der Waals surface area contributed by atoms with Crippen LogP contribution in [-0.2, 0) is 4.79 Å². The summed E-state index contributed by atoms with van der Waals surface area (Å²) in [6.45, 7) is 5.80. The second kappa shape index (κ2) is 11.7. The first kappa shape index (κ1) is 26.6. The van der Waals surface area contributed by atoms with E-state index in [0.29, 0.717) is 38.8 Å². The highest BCUT2D eigenvalue weighted by Gasteiger charge is 2.16. The summed E-state index contributed by atoms with van der Waals surface area (Å²) in [7, 11) is 0. The molecule has 1 atom stereocenters. The number of aryl methyl sites for hydroxylation is 1. The minimum absolute atomic E-state index is 0.00144. The van der Waals surface area contributed by atoms with Crippen molar-refractivity contribution in [2.24, 2.45) is 5.10 Å². The number of amides is 1. The third-order valence-corrected chi connectivity index (χ3v) is 6.59. The Hall–Kier alpha value is -3.49. The summed E-state index contributed by atoms with van der Waals surface area (Å²) in [5, 5.41) is 8.21. The molecular formula is C28H26BrClN4O3. The van der Waals surface area contributed by atoms with Gasteiger partial charge in [-0.15, -0.1) is 0 Å². The van der Waals surface area contributed by atoms with Crippen molar-refractivity contribution in [3.8, 4) is 5.75 Å². The second-order valence-corrected chi connectivity index (χ2v) is 10.0. The molecule has 4 aromatic rings. The van der Waals surface area contributed by atoms with Gasteiger partial charge in [-0.05, 0) is 61.9 Å². The Morgan fingerprint density at radius 2 is 1.95 bits per heavy atom. The van der Waals surface area contributed by atoms with E-state index >= 15 is 0 Å². The van der Waals surface area contributed by atoms with Gasteiger partial charge in [0.25, 0.3) is 11.5 Å². The summed E-state index contributed by atoms with van der Waals surface area (Å²) in [5.41, 5.74) is 2.64. The van der Waals surface area contributed by atoms with E-state index in [1.165, 1.54) is 10.9 Å². The molecule has 1 N–H and O–H groups in total. The van der Waals surface area contributed by atoms with Crippen LogP contribution < -0.4 is 15.6 Å².